The Morgan fingerprint density at radius 2 is 2.05 bits per heavy atom. The van der Waals surface area contributed by atoms with E-state index in [1.807, 2.05) is 6.07 Å². The predicted octanol–water partition coefficient (Wildman–Crippen LogP) is 3.43. The molecule has 0 bridgehead atoms. The molecule has 4 heteroatoms. The van der Waals surface area contributed by atoms with Crippen LogP contribution < -0.4 is 0 Å². The van der Waals surface area contributed by atoms with Crippen molar-refractivity contribution in [2.75, 3.05) is 7.11 Å². The number of nitrogens with zero attached hydrogens (tertiary/aromatic N) is 1. The van der Waals surface area contributed by atoms with Crippen LogP contribution in [0, 0.1) is 5.92 Å². The van der Waals surface area contributed by atoms with E-state index in [4.69, 9.17) is 4.74 Å². The quantitative estimate of drug-likeness (QED) is 0.777. The lowest BCUT2D eigenvalue weighted by molar-refractivity contribution is 0.0606. The van der Waals surface area contributed by atoms with Gasteiger partial charge in [-0.15, -0.1) is 11.3 Å². The molecule has 1 fully saturated rings. The average Bonchev–Trinajstić information content (AvgIpc) is 2.97. The predicted molar refractivity (Wildman–Crippen MR) is 76.3 cm³/mol. The van der Waals surface area contributed by atoms with Gasteiger partial charge in [-0.2, -0.15) is 0 Å². The van der Waals surface area contributed by atoms with Crippen LogP contribution in [-0.4, -0.2) is 24.0 Å². The first kappa shape index (κ1) is 13.1. The Hall–Kier alpha value is -0.870. The molecule has 2 aliphatic rings. The van der Waals surface area contributed by atoms with Crippen LogP contribution in [0.4, 0.5) is 0 Å². The molecule has 104 valence electrons. The Morgan fingerprint density at radius 3 is 2.68 bits per heavy atom. The van der Waals surface area contributed by atoms with E-state index in [9.17, 15) is 4.79 Å². The molecule has 0 amide bonds. The summed E-state index contributed by atoms with van der Waals surface area (Å²) in [5.74, 6) is 0.705. The third-order valence-electron chi connectivity index (χ3n) is 4.51. The third kappa shape index (κ3) is 2.56. The lowest BCUT2D eigenvalue weighted by Crippen LogP contribution is -2.33. The van der Waals surface area contributed by atoms with Crippen molar-refractivity contribution < 1.29 is 9.53 Å². The third-order valence-corrected chi connectivity index (χ3v) is 5.65. The fourth-order valence-electron chi connectivity index (χ4n) is 3.26. The highest BCUT2D eigenvalue weighted by molar-refractivity contribution is 7.14. The smallest absolute Gasteiger partial charge is 0.348 e. The second kappa shape index (κ2) is 5.25. The normalized spacial score (nSPS) is 27.3. The lowest BCUT2D eigenvalue weighted by Gasteiger charge is -2.33. The molecular weight excluding hydrogens is 258 g/mol. The van der Waals surface area contributed by atoms with Gasteiger partial charge in [-0.25, -0.2) is 4.79 Å². The molecule has 1 aliphatic carbocycles. The number of ether oxygens (including phenoxy) is 1. The average molecular weight is 279 g/mol. The minimum Gasteiger partial charge on any atom is -0.465 e. The molecule has 1 saturated carbocycles. The molecule has 0 N–H and O–H groups in total. The standard InChI is InChI=1S/C15H21NO2S/c1-10-3-5-12(6-4-10)16-8-11-7-13(15(17)18-2)19-14(11)9-16/h7,10,12H,3-6,8-9H2,1-2H3. The molecule has 3 nitrogen and oxygen atoms in total. The molecule has 1 aliphatic heterocycles. The molecule has 1 aromatic heterocycles. The number of hydrogen-bond donors (Lipinski definition) is 0. The first-order valence-corrected chi connectivity index (χ1v) is 7.93. The Labute approximate surface area is 118 Å². The van der Waals surface area contributed by atoms with Crippen molar-refractivity contribution in [3.63, 3.8) is 0 Å². The van der Waals surface area contributed by atoms with Crippen LogP contribution in [0.3, 0.4) is 0 Å². The van der Waals surface area contributed by atoms with Gasteiger partial charge >= 0.3 is 5.97 Å². The van der Waals surface area contributed by atoms with Gasteiger partial charge in [0.25, 0.3) is 0 Å². The Bertz CT molecular complexity index is 451. The summed E-state index contributed by atoms with van der Waals surface area (Å²) in [6, 6.07) is 2.77. The van der Waals surface area contributed by atoms with E-state index in [0.29, 0.717) is 0 Å². The molecule has 0 aromatic carbocycles. The van der Waals surface area contributed by atoms with Crippen LogP contribution in [0.5, 0.6) is 0 Å². The maximum absolute atomic E-state index is 11.5. The lowest BCUT2D eigenvalue weighted by atomic mass is 9.87. The van der Waals surface area contributed by atoms with E-state index >= 15 is 0 Å². The number of rotatable bonds is 2. The van der Waals surface area contributed by atoms with Crippen molar-refractivity contribution in [2.45, 2.75) is 51.7 Å². The minimum atomic E-state index is -0.197. The van der Waals surface area contributed by atoms with Gasteiger partial charge in [0.15, 0.2) is 0 Å². The summed E-state index contributed by atoms with van der Waals surface area (Å²) < 4.78 is 4.79. The number of carbonyl (C=O) groups is 1. The zero-order valence-corrected chi connectivity index (χ0v) is 12.5. The number of thiophene rings is 1. The van der Waals surface area contributed by atoms with Gasteiger partial charge in [-0.1, -0.05) is 6.92 Å². The van der Waals surface area contributed by atoms with Gasteiger partial charge < -0.3 is 4.74 Å². The number of esters is 1. The number of fused-ring (bicyclic) bond motifs is 1. The van der Waals surface area contributed by atoms with Gasteiger partial charge in [-0.3, -0.25) is 4.90 Å². The van der Waals surface area contributed by atoms with Crippen molar-refractivity contribution in [1.29, 1.82) is 0 Å². The van der Waals surface area contributed by atoms with Crippen LogP contribution in [0.2, 0.25) is 0 Å². The topological polar surface area (TPSA) is 29.5 Å². The second-order valence-electron chi connectivity index (χ2n) is 5.87. The Morgan fingerprint density at radius 1 is 1.32 bits per heavy atom. The van der Waals surface area contributed by atoms with Gasteiger partial charge in [0.05, 0.1) is 7.11 Å². The molecular formula is C15H21NO2S. The fraction of sp³-hybridized carbons (Fsp3) is 0.667. The SMILES string of the molecule is COC(=O)c1cc2c(s1)CN(C1CCC(C)CC1)C2. The van der Waals surface area contributed by atoms with Crippen LogP contribution in [-0.2, 0) is 17.8 Å². The van der Waals surface area contributed by atoms with Gasteiger partial charge in [0.1, 0.15) is 4.88 Å². The number of methoxy groups -OCH3 is 1. The highest BCUT2D eigenvalue weighted by Gasteiger charge is 2.30. The zero-order chi connectivity index (χ0) is 13.4. The Balaban J connectivity index is 1.65. The van der Waals surface area contributed by atoms with Crippen molar-refractivity contribution in [1.82, 2.24) is 4.90 Å². The summed E-state index contributed by atoms with van der Waals surface area (Å²) in [7, 11) is 1.45. The summed E-state index contributed by atoms with van der Waals surface area (Å²) in [5, 5.41) is 0. The summed E-state index contributed by atoms with van der Waals surface area (Å²) in [6.45, 7) is 4.40. The Kier molecular flexibility index (Phi) is 3.63. The summed E-state index contributed by atoms with van der Waals surface area (Å²) in [5.41, 5.74) is 1.34. The highest BCUT2D eigenvalue weighted by Crippen LogP contribution is 2.36. The maximum atomic E-state index is 11.5. The highest BCUT2D eigenvalue weighted by atomic mass is 32.1. The number of hydrogen-bond acceptors (Lipinski definition) is 4. The first-order valence-electron chi connectivity index (χ1n) is 7.11. The summed E-state index contributed by atoms with van der Waals surface area (Å²) in [4.78, 5) is 16.2. The van der Waals surface area contributed by atoms with E-state index in [1.54, 1.807) is 11.3 Å². The zero-order valence-electron chi connectivity index (χ0n) is 11.6. The van der Waals surface area contributed by atoms with Gasteiger partial charge in [-0.05, 0) is 43.2 Å². The van der Waals surface area contributed by atoms with Crippen molar-refractivity contribution in [3.05, 3.63) is 21.4 Å². The molecule has 19 heavy (non-hydrogen) atoms. The molecule has 0 spiro atoms. The van der Waals surface area contributed by atoms with E-state index < -0.39 is 0 Å². The molecule has 1 aromatic rings. The van der Waals surface area contributed by atoms with Crippen molar-refractivity contribution >= 4 is 17.3 Å². The summed E-state index contributed by atoms with van der Waals surface area (Å²) >= 11 is 1.61. The molecule has 2 heterocycles. The summed E-state index contributed by atoms with van der Waals surface area (Å²) in [6.07, 6.45) is 5.39. The van der Waals surface area contributed by atoms with Gasteiger partial charge in [0, 0.05) is 24.0 Å². The number of carbonyl (C=O) groups excluding carboxylic acids is 1. The van der Waals surface area contributed by atoms with E-state index in [0.717, 1.165) is 29.9 Å². The van der Waals surface area contributed by atoms with Crippen LogP contribution in [0.25, 0.3) is 0 Å². The molecule has 3 rings (SSSR count). The van der Waals surface area contributed by atoms with E-state index in [-0.39, 0.29) is 5.97 Å². The minimum absolute atomic E-state index is 0.197. The molecule has 0 unspecified atom stereocenters. The van der Waals surface area contributed by atoms with E-state index in [1.165, 1.54) is 43.2 Å². The van der Waals surface area contributed by atoms with Crippen molar-refractivity contribution in [2.24, 2.45) is 5.92 Å². The maximum Gasteiger partial charge on any atom is 0.348 e. The monoisotopic (exact) mass is 279 g/mol. The van der Waals surface area contributed by atoms with E-state index in [2.05, 4.69) is 11.8 Å². The van der Waals surface area contributed by atoms with Gasteiger partial charge in [0.2, 0.25) is 0 Å². The largest absolute Gasteiger partial charge is 0.465 e. The molecule has 0 atom stereocenters. The first-order chi connectivity index (χ1) is 9.17. The second-order valence-corrected chi connectivity index (χ2v) is 7.01. The molecule has 0 radical (unpaired) electrons. The van der Waals surface area contributed by atoms with Crippen LogP contribution in [0.1, 0.15) is 52.7 Å². The van der Waals surface area contributed by atoms with Crippen LogP contribution in [0.15, 0.2) is 6.07 Å². The molecule has 0 saturated heterocycles. The van der Waals surface area contributed by atoms with Crippen LogP contribution >= 0.6 is 11.3 Å². The fourth-order valence-corrected chi connectivity index (χ4v) is 4.38. The van der Waals surface area contributed by atoms with Crippen molar-refractivity contribution in [3.8, 4) is 0 Å².